The van der Waals surface area contributed by atoms with Crippen molar-refractivity contribution in [2.75, 3.05) is 6.61 Å². The number of nitrogens with one attached hydrogen (secondary N) is 1. The first-order valence-corrected chi connectivity index (χ1v) is 8.65. The van der Waals surface area contributed by atoms with Gasteiger partial charge in [0.2, 0.25) is 10.0 Å². The molecule has 0 aliphatic carbocycles. The van der Waals surface area contributed by atoms with Crippen LogP contribution in [-0.4, -0.2) is 32.1 Å². The topological polar surface area (TPSA) is 98.5 Å². The first kappa shape index (κ1) is 16.3. The lowest BCUT2D eigenvalue weighted by Crippen LogP contribution is -2.41. The number of benzene rings is 1. The van der Waals surface area contributed by atoms with E-state index >= 15 is 0 Å². The number of hydrogen-bond donors (Lipinski definition) is 1. The molecule has 0 spiro atoms. The third-order valence-corrected chi connectivity index (χ3v) is 5.26. The summed E-state index contributed by atoms with van der Waals surface area (Å²) < 4.78 is 33.2. The Kier molecular flexibility index (Phi) is 4.97. The lowest BCUT2D eigenvalue weighted by Gasteiger charge is -2.27. The predicted molar refractivity (Wildman–Crippen MR) is 79.6 cm³/mol. The fourth-order valence-corrected chi connectivity index (χ4v) is 4.23. The van der Waals surface area contributed by atoms with Crippen LogP contribution in [0.2, 0.25) is 0 Å². The summed E-state index contributed by atoms with van der Waals surface area (Å²) in [4.78, 5) is 9.97. The second-order valence-corrected chi connectivity index (χ2v) is 7.49. The van der Waals surface area contributed by atoms with Crippen molar-refractivity contribution in [3.8, 4) is 0 Å². The zero-order valence-electron chi connectivity index (χ0n) is 11.3. The van der Waals surface area contributed by atoms with Crippen molar-refractivity contribution < 1.29 is 18.1 Å². The van der Waals surface area contributed by atoms with Gasteiger partial charge in [0.25, 0.3) is 5.69 Å². The minimum atomic E-state index is -3.96. The van der Waals surface area contributed by atoms with Crippen molar-refractivity contribution >= 4 is 31.6 Å². The van der Waals surface area contributed by atoms with Gasteiger partial charge in [-0.3, -0.25) is 10.1 Å². The minimum absolute atomic E-state index is 0.0380. The van der Waals surface area contributed by atoms with E-state index in [4.69, 9.17) is 4.74 Å². The van der Waals surface area contributed by atoms with Crippen LogP contribution in [-0.2, 0) is 14.8 Å². The summed E-state index contributed by atoms with van der Waals surface area (Å²) in [7, 11) is -3.96. The van der Waals surface area contributed by atoms with Crippen molar-refractivity contribution in [3.63, 3.8) is 0 Å². The summed E-state index contributed by atoms with van der Waals surface area (Å²) in [5.74, 6) is 0. The van der Waals surface area contributed by atoms with Gasteiger partial charge in [0.05, 0.1) is 11.0 Å². The Bertz CT molecular complexity index is 649. The number of nitro groups is 1. The second-order valence-electron chi connectivity index (χ2n) is 4.89. The summed E-state index contributed by atoms with van der Waals surface area (Å²) in [6.07, 6.45) is 1.05. The Hall–Kier alpha value is -1.03. The SMILES string of the molecule is CC1CC(NS(=O)(=O)c2cc(Br)ccc2[N+](=O)[O-])CCO1. The van der Waals surface area contributed by atoms with E-state index in [0.29, 0.717) is 23.9 Å². The smallest absolute Gasteiger partial charge is 0.289 e. The van der Waals surface area contributed by atoms with Gasteiger partial charge in [0.15, 0.2) is 4.90 Å². The van der Waals surface area contributed by atoms with Gasteiger partial charge in [-0.05, 0) is 31.9 Å². The van der Waals surface area contributed by atoms with E-state index in [9.17, 15) is 18.5 Å². The molecule has 1 N–H and O–H groups in total. The van der Waals surface area contributed by atoms with Gasteiger partial charge in [-0.25, -0.2) is 13.1 Å². The molecule has 9 heteroatoms. The molecule has 1 heterocycles. The molecule has 116 valence electrons. The summed E-state index contributed by atoms with van der Waals surface area (Å²) in [5.41, 5.74) is -0.439. The molecule has 1 aromatic carbocycles. The van der Waals surface area contributed by atoms with Gasteiger partial charge in [0, 0.05) is 23.2 Å². The first-order chi connectivity index (χ1) is 9.79. The molecule has 1 fully saturated rings. The molecule has 1 aliphatic heterocycles. The third kappa shape index (κ3) is 4.00. The van der Waals surface area contributed by atoms with Gasteiger partial charge in [-0.15, -0.1) is 0 Å². The minimum Gasteiger partial charge on any atom is -0.378 e. The summed E-state index contributed by atoms with van der Waals surface area (Å²) in [6.45, 7) is 2.33. The fourth-order valence-electron chi connectivity index (χ4n) is 2.24. The van der Waals surface area contributed by atoms with E-state index in [1.165, 1.54) is 18.2 Å². The molecule has 1 aromatic rings. The first-order valence-electron chi connectivity index (χ1n) is 6.37. The Morgan fingerprint density at radius 2 is 2.19 bits per heavy atom. The van der Waals surface area contributed by atoms with Crippen molar-refractivity contribution in [1.29, 1.82) is 0 Å². The molecule has 0 radical (unpaired) electrons. The molecule has 1 saturated heterocycles. The number of rotatable bonds is 4. The van der Waals surface area contributed by atoms with E-state index < -0.39 is 20.6 Å². The van der Waals surface area contributed by atoms with Crippen molar-refractivity contribution in [1.82, 2.24) is 4.72 Å². The quantitative estimate of drug-likeness (QED) is 0.639. The van der Waals surface area contributed by atoms with E-state index in [-0.39, 0.29) is 17.0 Å². The molecule has 2 atom stereocenters. The van der Waals surface area contributed by atoms with Crippen LogP contribution in [0.3, 0.4) is 0 Å². The van der Waals surface area contributed by atoms with E-state index in [1.54, 1.807) is 0 Å². The molecule has 0 aromatic heterocycles. The summed E-state index contributed by atoms with van der Waals surface area (Å²) in [6, 6.07) is 3.57. The van der Waals surface area contributed by atoms with E-state index in [0.717, 1.165) is 0 Å². The second kappa shape index (κ2) is 6.39. The van der Waals surface area contributed by atoms with Crippen molar-refractivity contribution in [2.24, 2.45) is 0 Å². The summed E-state index contributed by atoms with van der Waals surface area (Å²) >= 11 is 3.14. The molecule has 21 heavy (non-hydrogen) atoms. The number of hydrogen-bond acceptors (Lipinski definition) is 5. The highest BCUT2D eigenvalue weighted by atomic mass is 79.9. The molecule has 7 nitrogen and oxygen atoms in total. The number of sulfonamides is 1. The van der Waals surface area contributed by atoms with E-state index in [1.807, 2.05) is 6.92 Å². The van der Waals surface area contributed by atoms with Gasteiger partial charge in [0.1, 0.15) is 0 Å². The highest BCUT2D eigenvalue weighted by Gasteiger charge is 2.30. The number of halogens is 1. The predicted octanol–water partition coefficient (Wildman–Crippen LogP) is 2.20. The van der Waals surface area contributed by atoms with Gasteiger partial charge in [-0.1, -0.05) is 15.9 Å². The van der Waals surface area contributed by atoms with Crippen LogP contribution in [0.4, 0.5) is 5.69 Å². The number of nitro benzene ring substituents is 1. The maximum absolute atomic E-state index is 12.4. The largest absolute Gasteiger partial charge is 0.378 e. The molecule has 2 rings (SSSR count). The van der Waals surface area contributed by atoms with Crippen LogP contribution in [0.15, 0.2) is 27.6 Å². The van der Waals surface area contributed by atoms with Crippen molar-refractivity contribution in [3.05, 3.63) is 32.8 Å². The van der Waals surface area contributed by atoms with Crippen LogP contribution < -0.4 is 4.72 Å². The zero-order chi connectivity index (χ0) is 15.6. The molecule has 0 amide bonds. The number of ether oxygens (including phenoxy) is 1. The molecular formula is C12H15BrN2O5S. The Balaban J connectivity index is 2.31. The van der Waals surface area contributed by atoms with Gasteiger partial charge in [-0.2, -0.15) is 0 Å². The fraction of sp³-hybridized carbons (Fsp3) is 0.500. The van der Waals surface area contributed by atoms with Crippen LogP contribution >= 0.6 is 15.9 Å². The standard InChI is InChI=1S/C12H15BrN2O5S/c1-8-6-10(4-5-20-8)14-21(18,19)12-7-9(13)2-3-11(12)15(16)17/h2-3,7-8,10,14H,4-6H2,1H3. The molecule has 0 saturated carbocycles. The Labute approximate surface area is 131 Å². The van der Waals surface area contributed by atoms with Crippen LogP contribution in [0, 0.1) is 10.1 Å². The lowest BCUT2D eigenvalue weighted by atomic mass is 10.1. The van der Waals surface area contributed by atoms with Crippen LogP contribution in [0.1, 0.15) is 19.8 Å². The highest BCUT2D eigenvalue weighted by Crippen LogP contribution is 2.28. The Morgan fingerprint density at radius 3 is 2.81 bits per heavy atom. The molecule has 1 aliphatic rings. The van der Waals surface area contributed by atoms with Crippen LogP contribution in [0.25, 0.3) is 0 Å². The Morgan fingerprint density at radius 1 is 1.48 bits per heavy atom. The van der Waals surface area contributed by atoms with Crippen molar-refractivity contribution in [2.45, 2.75) is 36.8 Å². The summed E-state index contributed by atoms with van der Waals surface area (Å²) in [5, 5.41) is 11.0. The van der Waals surface area contributed by atoms with E-state index in [2.05, 4.69) is 20.7 Å². The zero-order valence-corrected chi connectivity index (χ0v) is 13.7. The van der Waals surface area contributed by atoms with Crippen LogP contribution in [0.5, 0.6) is 0 Å². The monoisotopic (exact) mass is 378 g/mol. The number of nitrogens with zero attached hydrogens (tertiary/aromatic N) is 1. The maximum atomic E-state index is 12.4. The third-order valence-electron chi connectivity index (χ3n) is 3.22. The normalized spacial score (nSPS) is 23.0. The lowest BCUT2D eigenvalue weighted by molar-refractivity contribution is -0.387. The molecule has 0 bridgehead atoms. The molecular weight excluding hydrogens is 364 g/mol. The average Bonchev–Trinajstić information content (AvgIpc) is 2.37. The average molecular weight is 379 g/mol. The van der Waals surface area contributed by atoms with Gasteiger partial charge >= 0.3 is 0 Å². The maximum Gasteiger partial charge on any atom is 0.289 e. The molecule has 2 unspecified atom stereocenters. The van der Waals surface area contributed by atoms with Gasteiger partial charge < -0.3 is 4.74 Å². The highest BCUT2D eigenvalue weighted by molar-refractivity contribution is 9.10.